The van der Waals surface area contributed by atoms with Crippen molar-refractivity contribution in [2.24, 2.45) is 0 Å². The van der Waals surface area contributed by atoms with E-state index < -0.39 is 0 Å². The summed E-state index contributed by atoms with van der Waals surface area (Å²) in [6.45, 7) is 1.10. The highest BCUT2D eigenvalue weighted by molar-refractivity contribution is 6.02. The molecule has 1 N–H and O–H groups in total. The summed E-state index contributed by atoms with van der Waals surface area (Å²) in [5, 5.41) is 2.53. The first-order valence-electron chi connectivity index (χ1n) is 10.2. The lowest BCUT2D eigenvalue weighted by molar-refractivity contribution is -0.124. The summed E-state index contributed by atoms with van der Waals surface area (Å²) in [4.78, 5) is 39.3. The standard InChI is InChI=1S/C23H23N3O4/c1-30-19-11-16(10-17-13-26(18-6-7-18)22(28)21(17)19)15-4-2-14(3-5-15)8-9-25-20(27)12-24-23(25)29/h2-5,10-11,18H,6-9,12-13H2,1H3,(H,24,29). The van der Waals surface area contributed by atoms with Gasteiger partial charge in [0.2, 0.25) is 5.91 Å². The van der Waals surface area contributed by atoms with Crippen LogP contribution >= 0.6 is 0 Å². The van der Waals surface area contributed by atoms with E-state index in [2.05, 4.69) is 11.4 Å². The molecule has 7 nitrogen and oxygen atoms in total. The molecule has 1 saturated carbocycles. The number of ether oxygens (including phenoxy) is 1. The fourth-order valence-electron chi connectivity index (χ4n) is 4.23. The third-order valence-corrected chi connectivity index (χ3v) is 6.06. The Morgan fingerprint density at radius 3 is 2.47 bits per heavy atom. The number of carbonyl (C=O) groups excluding carboxylic acids is 3. The average molecular weight is 405 g/mol. The van der Waals surface area contributed by atoms with Gasteiger partial charge in [0.05, 0.1) is 19.2 Å². The van der Waals surface area contributed by atoms with Crippen LogP contribution in [0.5, 0.6) is 5.75 Å². The van der Waals surface area contributed by atoms with E-state index in [1.54, 1.807) is 7.11 Å². The monoisotopic (exact) mass is 405 g/mol. The van der Waals surface area contributed by atoms with Crippen LogP contribution in [0.1, 0.15) is 34.3 Å². The number of urea groups is 1. The Morgan fingerprint density at radius 1 is 1.07 bits per heavy atom. The number of amides is 4. The molecule has 154 valence electrons. The van der Waals surface area contributed by atoms with Crippen molar-refractivity contribution >= 4 is 17.8 Å². The average Bonchev–Trinajstić information content (AvgIpc) is 3.48. The van der Waals surface area contributed by atoms with Crippen molar-refractivity contribution in [2.45, 2.75) is 31.8 Å². The van der Waals surface area contributed by atoms with E-state index in [1.165, 1.54) is 4.90 Å². The number of imide groups is 1. The predicted molar refractivity (Wildman–Crippen MR) is 110 cm³/mol. The first kappa shape index (κ1) is 18.7. The van der Waals surface area contributed by atoms with Crippen LogP contribution in [0.2, 0.25) is 0 Å². The third-order valence-electron chi connectivity index (χ3n) is 6.06. The zero-order chi connectivity index (χ0) is 20.8. The molecule has 3 aliphatic rings. The number of methoxy groups -OCH3 is 1. The molecule has 2 aromatic rings. The van der Waals surface area contributed by atoms with E-state index in [4.69, 9.17) is 4.74 Å². The quantitative estimate of drug-likeness (QED) is 0.750. The molecule has 0 unspecified atom stereocenters. The van der Waals surface area contributed by atoms with E-state index in [0.29, 0.717) is 36.9 Å². The highest BCUT2D eigenvalue weighted by Crippen LogP contribution is 2.40. The van der Waals surface area contributed by atoms with Crippen LogP contribution in [0.25, 0.3) is 11.1 Å². The fraction of sp³-hybridized carbons (Fsp3) is 0.348. The van der Waals surface area contributed by atoms with Crippen LogP contribution in [-0.2, 0) is 17.8 Å². The van der Waals surface area contributed by atoms with Crippen molar-refractivity contribution in [3.63, 3.8) is 0 Å². The molecular formula is C23H23N3O4. The molecule has 2 aliphatic heterocycles. The summed E-state index contributed by atoms with van der Waals surface area (Å²) >= 11 is 0. The number of hydrogen-bond donors (Lipinski definition) is 1. The number of nitrogens with zero attached hydrogens (tertiary/aromatic N) is 2. The smallest absolute Gasteiger partial charge is 0.324 e. The molecule has 2 fully saturated rings. The Bertz CT molecular complexity index is 1030. The maximum Gasteiger partial charge on any atom is 0.324 e. The topological polar surface area (TPSA) is 79.0 Å². The second-order valence-electron chi connectivity index (χ2n) is 8.03. The van der Waals surface area contributed by atoms with Crippen LogP contribution in [0, 0.1) is 0 Å². The SMILES string of the molecule is COc1cc(-c2ccc(CCN3C(=O)CNC3=O)cc2)cc2c1C(=O)N(C1CC1)C2. The van der Waals surface area contributed by atoms with Gasteiger partial charge in [0.15, 0.2) is 0 Å². The molecule has 0 spiro atoms. The van der Waals surface area contributed by atoms with E-state index in [9.17, 15) is 14.4 Å². The summed E-state index contributed by atoms with van der Waals surface area (Å²) in [5.74, 6) is 0.515. The predicted octanol–water partition coefficient (Wildman–Crippen LogP) is 2.57. The molecule has 1 aliphatic carbocycles. The number of fused-ring (bicyclic) bond motifs is 1. The maximum atomic E-state index is 12.8. The third kappa shape index (κ3) is 3.20. The van der Waals surface area contributed by atoms with Gasteiger partial charge in [-0.05, 0) is 53.6 Å². The second-order valence-corrected chi connectivity index (χ2v) is 8.03. The molecule has 2 aromatic carbocycles. The molecule has 30 heavy (non-hydrogen) atoms. The lowest BCUT2D eigenvalue weighted by Gasteiger charge is -2.13. The summed E-state index contributed by atoms with van der Waals surface area (Å²) in [7, 11) is 1.60. The van der Waals surface area contributed by atoms with Crippen LogP contribution in [-0.4, -0.2) is 53.9 Å². The zero-order valence-corrected chi connectivity index (χ0v) is 16.8. The van der Waals surface area contributed by atoms with E-state index in [-0.39, 0.29) is 24.4 Å². The van der Waals surface area contributed by atoms with Gasteiger partial charge in [0.1, 0.15) is 5.75 Å². The van der Waals surface area contributed by atoms with Crippen molar-refractivity contribution in [1.29, 1.82) is 0 Å². The minimum Gasteiger partial charge on any atom is -0.496 e. The van der Waals surface area contributed by atoms with Crippen molar-refractivity contribution in [2.75, 3.05) is 20.2 Å². The lowest BCUT2D eigenvalue weighted by atomic mass is 9.98. The van der Waals surface area contributed by atoms with Crippen molar-refractivity contribution < 1.29 is 19.1 Å². The van der Waals surface area contributed by atoms with E-state index in [1.807, 2.05) is 35.2 Å². The summed E-state index contributed by atoms with van der Waals surface area (Å²) in [6, 6.07) is 12.1. The van der Waals surface area contributed by atoms with E-state index in [0.717, 1.165) is 35.1 Å². The lowest BCUT2D eigenvalue weighted by Crippen LogP contribution is -2.32. The molecule has 0 radical (unpaired) electrons. The van der Waals surface area contributed by atoms with Gasteiger partial charge in [-0.2, -0.15) is 0 Å². The van der Waals surface area contributed by atoms with Gasteiger partial charge < -0.3 is 15.0 Å². The van der Waals surface area contributed by atoms with Gasteiger partial charge in [-0.1, -0.05) is 24.3 Å². The Hall–Kier alpha value is -3.35. The molecule has 0 bridgehead atoms. The molecule has 2 heterocycles. The van der Waals surface area contributed by atoms with Gasteiger partial charge in [-0.25, -0.2) is 4.79 Å². The Morgan fingerprint density at radius 2 is 1.83 bits per heavy atom. The van der Waals surface area contributed by atoms with Crippen molar-refractivity contribution in [1.82, 2.24) is 15.1 Å². The second kappa shape index (κ2) is 7.16. The highest BCUT2D eigenvalue weighted by Gasteiger charge is 2.40. The first-order chi connectivity index (χ1) is 14.5. The van der Waals surface area contributed by atoms with E-state index >= 15 is 0 Å². The number of hydrogen-bond acceptors (Lipinski definition) is 4. The fourth-order valence-corrected chi connectivity index (χ4v) is 4.23. The van der Waals surface area contributed by atoms with Crippen molar-refractivity contribution in [3.05, 3.63) is 53.1 Å². The van der Waals surface area contributed by atoms with Crippen LogP contribution < -0.4 is 10.1 Å². The zero-order valence-electron chi connectivity index (χ0n) is 16.8. The molecule has 5 rings (SSSR count). The summed E-state index contributed by atoms with van der Waals surface area (Å²) < 4.78 is 5.55. The minimum absolute atomic E-state index is 0.0757. The van der Waals surface area contributed by atoms with Gasteiger partial charge in [-0.3, -0.25) is 14.5 Å². The Kier molecular flexibility index (Phi) is 4.46. The van der Waals surface area contributed by atoms with Gasteiger partial charge >= 0.3 is 6.03 Å². The van der Waals surface area contributed by atoms with Crippen LogP contribution in [0.4, 0.5) is 4.79 Å². The molecular weight excluding hydrogens is 382 g/mol. The molecule has 1 saturated heterocycles. The minimum atomic E-state index is -0.323. The van der Waals surface area contributed by atoms with Gasteiger partial charge in [-0.15, -0.1) is 0 Å². The summed E-state index contributed by atoms with van der Waals surface area (Å²) in [6.07, 6.45) is 2.78. The number of carbonyl (C=O) groups is 3. The highest BCUT2D eigenvalue weighted by atomic mass is 16.5. The van der Waals surface area contributed by atoms with Crippen LogP contribution in [0.3, 0.4) is 0 Å². The maximum absolute atomic E-state index is 12.8. The molecule has 4 amide bonds. The van der Waals surface area contributed by atoms with Gasteiger partial charge in [0, 0.05) is 19.1 Å². The van der Waals surface area contributed by atoms with Crippen LogP contribution in [0.15, 0.2) is 36.4 Å². The molecule has 7 heteroatoms. The number of benzene rings is 2. The van der Waals surface area contributed by atoms with Crippen molar-refractivity contribution in [3.8, 4) is 16.9 Å². The Labute approximate surface area is 174 Å². The first-order valence-corrected chi connectivity index (χ1v) is 10.2. The summed E-state index contributed by atoms with van der Waals surface area (Å²) in [5.41, 5.74) is 4.81. The molecule has 0 aromatic heterocycles. The normalized spacial score (nSPS) is 18.1. The largest absolute Gasteiger partial charge is 0.496 e. The number of nitrogens with one attached hydrogen (secondary N) is 1. The molecule has 0 atom stereocenters. The Balaban J connectivity index is 1.35. The van der Waals surface area contributed by atoms with Gasteiger partial charge in [0.25, 0.3) is 5.91 Å². The number of rotatable bonds is 6.